The van der Waals surface area contributed by atoms with E-state index in [1.807, 2.05) is 30.3 Å². The summed E-state index contributed by atoms with van der Waals surface area (Å²) < 4.78 is 6.54. The fourth-order valence-electron chi connectivity index (χ4n) is 3.33. The first-order chi connectivity index (χ1) is 16.1. The molecule has 0 saturated heterocycles. The number of benzene rings is 3. The van der Waals surface area contributed by atoms with Crippen molar-refractivity contribution in [2.75, 3.05) is 11.9 Å². The van der Waals surface area contributed by atoms with E-state index < -0.39 is 0 Å². The van der Waals surface area contributed by atoms with Crippen molar-refractivity contribution in [2.24, 2.45) is 0 Å². The van der Waals surface area contributed by atoms with Gasteiger partial charge in [0.1, 0.15) is 5.75 Å². The van der Waals surface area contributed by atoms with E-state index in [9.17, 15) is 9.59 Å². The molecule has 3 rings (SSSR count). The van der Waals surface area contributed by atoms with E-state index >= 15 is 0 Å². The Morgan fingerprint density at radius 3 is 2.39 bits per heavy atom. The third kappa shape index (κ3) is 7.46. The van der Waals surface area contributed by atoms with E-state index in [0.717, 1.165) is 22.9 Å². The van der Waals surface area contributed by atoms with Crippen LogP contribution in [0.2, 0.25) is 0 Å². The zero-order valence-corrected chi connectivity index (χ0v) is 20.4. The van der Waals surface area contributed by atoms with Gasteiger partial charge in [0, 0.05) is 12.1 Å². The fourth-order valence-corrected chi connectivity index (χ4v) is 3.82. The van der Waals surface area contributed by atoms with E-state index in [4.69, 9.17) is 4.74 Å². The number of nitrogens with one attached hydrogen (secondary N) is 2. The lowest BCUT2D eigenvalue weighted by Gasteiger charge is -2.13. The normalized spacial score (nSPS) is 10.5. The zero-order chi connectivity index (χ0) is 23.5. The van der Waals surface area contributed by atoms with E-state index in [1.165, 1.54) is 12.8 Å². The van der Waals surface area contributed by atoms with Crippen LogP contribution in [0.1, 0.15) is 58.9 Å². The highest BCUT2D eigenvalue weighted by Crippen LogP contribution is 2.27. The molecule has 0 saturated carbocycles. The number of carbonyl (C=O) groups is 2. The second-order valence-electron chi connectivity index (χ2n) is 7.72. The fraction of sp³-hybridized carbons (Fsp3) is 0.259. The number of anilines is 1. The predicted molar refractivity (Wildman–Crippen MR) is 136 cm³/mol. The number of rotatable bonds is 11. The van der Waals surface area contributed by atoms with E-state index in [2.05, 4.69) is 33.5 Å². The highest BCUT2D eigenvalue weighted by molar-refractivity contribution is 9.10. The quantitative estimate of drug-likeness (QED) is 0.287. The lowest BCUT2D eigenvalue weighted by molar-refractivity contribution is 0.0952. The van der Waals surface area contributed by atoms with Gasteiger partial charge in [-0.05, 0) is 58.2 Å². The van der Waals surface area contributed by atoms with Gasteiger partial charge in [-0.3, -0.25) is 9.59 Å². The number of hydrogen-bond donors (Lipinski definition) is 2. The van der Waals surface area contributed by atoms with Gasteiger partial charge in [-0.25, -0.2) is 0 Å². The van der Waals surface area contributed by atoms with Crippen LogP contribution in [0.3, 0.4) is 0 Å². The Morgan fingerprint density at radius 2 is 1.64 bits per heavy atom. The summed E-state index contributed by atoms with van der Waals surface area (Å²) in [6, 6.07) is 21.9. The molecule has 6 heteroatoms. The molecule has 0 aliphatic carbocycles. The van der Waals surface area contributed by atoms with E-state index in [1.54, 1.807) is 42.5 Å². The van der Waals surface area contributed by atoms with Crippen molar-refractivity contribution < 1.29 is 14.3 Å². The average molecular weight is 509 g/mol. The molecule has 0 fully saturated rings. The Hall–Kier alpha value is -3.12. The van der Waals surface area contributed by atoms with Crippen molar-refractivity contribution in [3.8, 4) is 5.75 Å². The molecular weight excluding hydrogens is 480 g/mol. The third-order valence-electron chi connectivity index (χ3n) is 5.17. The van der Waals surface area contributed by atoms with Crippen LogP contribution in [0.4, 0.5) is 5.69 Å². The van der Waals surface area contributed by atoms with Crippen LogP contribution >= 0.6 is 15.9 Å². The third-order valence-corrected chi connectivity index (χ3v) is 5.79. The van der Waals surface area contributed by atoms with Crippen LogP contribution in [0.5, 0.6) is 5.75 Å². The van der Waals surface area contributed by atoms with E-state index in [-0.39, 0.29) is 11.8 Å². The number of unbranched alkanes of at least 4 members (excludes halogenated alkanes) is 3. The number of carbonyl (C=O) groups excluding carboxylic acids is 2. The minimum atomic E-state index is -0.298. The number of halogens is 1. The van der Waals surface area contributed by atoms with Gasteiger partial charge in [-0.2, -0.15) is 0 Å². The molecule has 3 aromatic rings. The largest absolute Gasteiger partial charge is 0.492 e. The standard InChI is InChI=1S/C27H29BrN2O3/c1-2-3-4-10-17-33-25-16-15-21(18-23(25)28)26(31)30-24-14-9-8-13-22(24)27(32)29-19-20-11-6-5-7-12-20/h5-9,11-16,18H,2-4,10,17,19H2,1H3,(H,29,32)(H,30,31). The summed E-state index contributed by atoms with van der Waals surface area (Å²) in [5.41, 5.74) is 2.35. The summed E-state index contributed by atoms with van der Waals surface area (Å²) in [6.45, 7) is 3.24. The van der Waals surface area contributed by atoms with Crippen molar-refractivity contribution in [1.29, 1.82) is 0 Å². The van der Waals surface area contributed by atoms with Crippen LogP contribution in [0.15, 0.2) is 77.3 Å². The molecule has 0 atom stereocenters. The number of ether oxygens (including phenoxy) is 1. The molecular formula is C27H29BrN2O3. The van der Waals surface area contributed by atoms with Gasteiger partial charge < -0.3 is 15.4 Å². The van der Waals surface area contributed by atoms with E-state index in [0.29, 0.717) is 35.7 Å². The Bertz CT molecular complexity index is 1070. The summed E-state index contributed by atoms with van der Waals surface area (Å²) in [4.78, 5) is 25.6. The average Bonchev–Trinajstić information content (AvgIpc) is 2.84. The molecule has 0 spiro atoms. The van der Waals surface area contributed by atoms with Crippen molar-refractivity contribution in [3.05, 3.63) is 94.0 Å². The maximum Gasteiger partial charge on any atom is 0.255 e. The highest BCUT2D eigenvalue weighted by atomic mass is 79.9. The van der Waals surface area contributed by atoms with Gasteiger partial charge in [-0.1, -0.05) is 68.7 Å². The zero-order valence-electron chi connectivity index (χ0n) is 18.8. The van der Waals surface area contributed by atoms with Crippen molar-refractivity contribution in [2.45, 2.75) is 39.2 Å². The summed E-state index contributed by atoms with van der Waals surface area (Å²) in [6.07, 6.45) is 4.54. The van der Waals surface area contributed by atoms with Gasteiger partial charge >= 0.3 is 0 Å². The van der Waals surface area contributed by atoms with Crippen molar-refractivity contribution in [1.82, 2.24) is 5.32 Å². The minimum absolute atomic E-state index is 0.247. The summed E-state index contributed by atoms with van der Waals surface area (Å²) in [5, 5.41) is 5.76. The molecule has 33 heavy (non-hydrogen) atoms. The number of amides is 2. The molecule has 0 aromatic heterocycles. The molecule has 5 nitrogen and oxygen atoms in total. The van der Waals surface area contributed by atoms with Crippen molar-refractivity contribution in [3.63, 3.8) is 0 Å². The smallest absolute Gasteiger partial charge is 0.255 e. The first-order valence-corrected chi connectivity index (χ1v) is 12.0. The van der Waals surface area contributed by atoms with Gasteiger partial charge in [-0.15, -0.1) is 0 Å². The molecule has 2 amide bonds. The lowest BCUT2D eigenvalue weighted by atomic mass is 10.1. The molecule has 2 N–H and O–H groups in total. The van der Waals surface area contributed by atoms with Gasteiger partial charge in [0.25, 0.3) is 11.8 Å². The maximum absolute atomic E-state index is 12.9. The Kier molecular flexibility index (Phi) is 9.51. The number of para-hydroxylation sites is 1. The Morgan fingerprint density at radius 1 is 0.879 bits per heavy atom. The maximum atomic E-state index is 12.9. The SMILES string of the molecule is CCCCCCOc1ccc(C(=O)Nc2ccccc2C(=O)NCc2ccccc2)cc1Br. The van der Waals surface area contributed by atoms with Gasteiger partial charge in [0.05, 0.1) is 22.3 Å². The molecule has 0 aliphatic rings. The van der Waals surface area contributed by atoms with Crippen LogP contribution in [-0.4, -0.2) is 18.4 Å². The van der Waals surface area contributed by atoms with Gasteiger partial charge in [0.15, 0.2) is 0 Å². The van der Waals surface area contributed by atoms with Crippen LogP contribution in [0.25, 0.3) is 0 Å². The van der Waals surface area contributed by atoms with Crippen molar-refractivity contribution >= 4 is 33.4 Å². The second-order valence-corrected chi connectivity index (χ2v) is 8.58. The Balaban J connectivity index is 1.62. The molecule has 0 bridgehead atoms. The second kappa shape index (κ2) is 12.8. The molecule has 0 aliphatic heterocycles. The number of hydrogen-bond acceptors (Lipinski definition) is 3. The minimum Gasteiger partial charge on any atom is -0.492 e. The van der Waals surface area contributed by atoms with Crippen LogP contribution in [0, 0.1) is 0 Å². The molecule has 0 radical (unpaired) electrons. The summed E-state index contributed by atoms with van der Waals surface area (Å²) >= 11 is 3.50. The van der Waals surface area contributed by atoms with Gasteiger partial charge in [0.2, 0.25) is 0 Å². The topological polar surface area (TPSA) is 67.4 Å². The molecule has 0 unspecified atom stereocenters. The monoisotopic (exact) mass is 508 g/mol. The van der Waals surface area contributed by atoms with Crippen LogP contribution in [-0.2, 0) is 6.54 Å². The molecule has 0 heterocycles. The summed E-state index contributed by atoms with van der Waals surface area (Å²) in [5.74, 6) is 0.167. The van der Waals surface area contributed by atoms with Crippen LogP contribution < -0.4 is 15.4 Å². The lowest BCUT2D eigenvalue weighted by Crippen LogP contribution is -2.24. The molecule has 3 aromatic carbocycles. The first kappa shape index (κ1) is 24.5. The highest BCUT2D eigenvalue weighted by Gasteiger charge is 2.15. The molecule has 172 valence electrons. The first-order valence-electron chi connectivity index (χ1n) is 11.2. The summed E-state index contributed by atoms with van der Waals surface area (Å²) in [7, 11) is 0. The Labute approximate surface area is 203 Å². The predicted octanol–water partition coefficient (Wildman–Crippen LogP) is 6.59.